The second-order valence-electron chi connectivity index (χ2n) is 5.21. The summed E-state index contributed by atoms with van der Waals surface area (Å²) in [5.41, 5.74) is 4.89. The fraction of sp³-hybridized carbons (Fsp3) is 0.833. The van der Waals surface area contributed by atoms with Crippen LogP contribution in [-0.2, 0) is 9.59 Å². The number of carbonyl (C=O) groups excluding carboxylic acids is 1. The SMILES string of the molecule is CC(C)(C)N(C(=O)CBr)C(CCCCN)C(=O)O. The zero-order valence-corrected chi connectivity index (χ0v) is 12.9. The number of unbranched alkanes of at least 4 members (excludes halogenated alkanes) is 1. The van der Waals surface area contributed by atoms with Crippen LogP contribution in [0.15, 0.2) is 0 Å². The number of alkyl halides is 1. The van der Waals surface area contributed by atoms with Crippen LogP contribution >= 0.6 is 15.9 Å². The first-order valence-electron chi connectivity index (χ1n) is 6.06. The Kier molecular flexibility index (Phi) is 7.47. The van der Waals surface area contributed by atoms with E-state index in [0.29, 0.717) is 19.4 Å². The van der Waals surface area contributed by atoms with Crippen LogP contribution in [0.5, 0.6) is 0 Å². The predicted octanol–water partition coefficient (Wildman–Crippen LogP) is 1.59. The van der Waals surface area contributed by atoms with E-state index >= 15 is 0 Å². The van der Waals surface area contributed by atoms with E-state index in [2.05, 4.69) is 15.9 Å². The quantitative estimate of drug-likeness (QED) is 0.550. The highest BCUT2D eigenvalue weighted by Crippen LogP contribution is 2.21. The number of hydrogen-bond acceptors (Lipinski definition) is 3. The fourth-order valence-corrected chi connectivity index (χ4v) is 2.20. The topological polar surface area (TPSA) is 83.6 Å². The first-order chi connectivity index (χ1) is 8.25. The molecular formula is C12H23BrN2O3. The van der Waals surface area contributed by atoms with Gasteiger partial charge in [0, 0.05) is 5.54 Å². The molecule has 0 spiro atoms. The van der Waals surface area contributed by atoms with Crippen LogP contribution in [0.3, 0.4) is 0 Å². The highest BCUT2D eigenvalue weighted by molar-refractivity contribution is 9.09. The van der Waals surface area contributed by atoms with Crippen molar-refractivity contribution in [2.24, 2.45) is 5.73 Å². The number of hydrogen-bond donors (Lipinski definition) is 2. The Morgan fingerprint density at radius 1 is 1.33 bits per heavy atom. The van der Waals surface area contributed by atoms with Crippen LogP contribution in [0.2, 0.25) is 0 Å². The van der Waals surface area contributed by atoms with Gasteiger partial charge in [-0.1, -0.05) is 15.9 Å². The number of amides is 1. The normalized spacial score (nSPS) is 13.2. The minimum absolute atomic E-state index is 0.130. The average molecular weight is 323 g/mol. The van der Waals surface area contributed by atoms with E-state index in [1.54, 1.807) is 0 Å². The van der Waals surface area contributed by atoms with Crippen molar-refractivity contribution in [2.45, 2.75) is 51.6 Å². The molecule has 0 aromatic rings. The van der Waals surface area contributed by atoms with Crippen LogP contribution in [0.25, 0.3) is 0 Å². The third-order valence-electron chi connectivity index (χ3n) is 2.63. The molecule has 1 unspecified atom stereocenters. The Balaban J connectivity index is 4.99. The van der Waals surface area contributed by atoms with Crippen molar-refractivity contribution >= 4 is 27.8 Å². The van der Waals surface area contributed by atoms with Gasteiger partial charge in [-0.15, -0.1) is 0 Å². The molecule has 0 saturated heterocycles. The molecule has 1 atom stereocenters. The summed E-state index contributed by atoms with van der Waals surface area (Å²) in [5.74, 6) is -1.17. The third kappa shape index (κ3) is 5.35. The molecule has 0 fully saturated rings. The standard InChI is InChI=1S/C12H23BrN2O3/c1-12(2,3)15(10(16)8-13)9(11(17)18)6-4-5-7-14/h9H,4-8,14H2,1-3H3,(H,17,18). The zero-order chi connectivity index (χ0) is 14.3. The number of halogens is 1. The van der Waals surface area contributed by atoms with E-state index in [1.165, 1.54) is 4.90 Å². The largest absolute Gasteiger partial charge is 0.480 e. The number of carboxylic acid groups (broad SMARTS) is 1. The molecule has 0 saturated carbocycles. The van der Waals surface area contributed by atoms with Crippen molar-refractivity contribution in [1.29, 1.82) is 0 Å². The van der Waals surface area contributed by atoms with Gasteiger partial charge in [0.05, 0.1) is 5.33 Å². The maximum Gasteiger partial charge on any atom is 0.326 e. The summed E-state index contributed by atoms with van der Waals surface area (Å²) in [4.78, 5) is 24.7. The molecule has 0 radical (unpaired) electrons. The first kappa shape index (κ1) is 17.4. The molecule has 0 aliphatic carbocycles. The lowest BCUT2D eigenvalue weighted by Gasteiger charge is -2.39. The van der Waals surface area contributed by atoms with Crippen LogP contribution in [-0.4, -0.2) is 45.3 Å². The Hall–Kier alpha value is -0.620. The minimum atomic E-state index is -0.962. The van der Waals surface area contributed by atoms with Crippen LogP contribution < -0.4 is 5.73 Å². The lowest BCUT2D eigenvalue weighted by Crippen LogP contribution is -2.55. The molecule has 106 valence electrons. The van der Waals surface area contributed by atoms with Crippen molar-refractivity contribution in [3.8, 4) is 0 Å². The zero-order valence-electron chi connectivity index (χ0n) is 11.3. The number of nitrogens with zero attached hydrogens (tertiary/aromatic N) is 1. The third-order valence-corrected chi connectivity index (χ3v) is 3.11. The Labute approximate surface area is 117 Å². The molecular weight excluding hydrogens is 300 g/mol. The molecule has 0 rings (SSSR count). The van der Waals surface area contributed by atoms with E-state index in [-0.39, 0.29) is 11.2 Å². The number of rotatable bonds is 7. The van der Waals surface area contributed by atoms with Crippen molar-refractivity contribution in [3.63, 3.8) is 0 Å². The van der Waals surface area contributed by atoms with E-state index in [0.717, 1.165) is 6.42 Å². The number of nitrogens with two attached hydrogens (primary N) is 1. The maximum absolute atomic E-state index is 11.9. The molecule has 0 aliphatic rings. The molecule has 0 aliphatic heterocycles. The van der Waals surface area contributed by atoms with Gasteiger partial charge in [-0.25, -0.2) is 4.79 Å². The highest BCUT2D eigenvalue weighted by atomic mass is 79.9. The predicted molar refractivity (Wildman–Crippen MR) is 74.7 cm³/mol. The molecule has 1 amide bonds. The number of aliphatic carboxylic acids is 1. The summed E-state index contributed by atoms with van der Waals surface area (Å²) in [5, 5.41) is 9.44. The summed E-state index contributed by atoms with van der Waals surface area (Å²) in [7, 11) is 0. The Morgan fingerprint density at radius 3 is 2.22 bits per heavy atom. The molecule has 6 heteroatoms. The van der Waals surface area contributed by atoms with E-state index in [1.807, 2.05) is 20.8 Å². The van der Waals surface area contributed by atoms with Crippen LogP contribution in [0.4, 0.5) is 0 Å². The van der Waals surface area contributed by atoms with Gasteiger partial charge >= 0.3 is 5.97 Å². The smallest absolute Gasteiger partial charge is 0.326 e. The Bertz CT molecular complexity index is 290. The number of carboxylic acids is 1. The van der Waals surface area contributed by atoms with Gasteiger partial charge in [-0.05, 0) is 46.6 Å². The average Bonchev–Trinajstić information content (AvgIpc) is 2.25. The van der Waals surface area contributed by atoms with E-state index in [4.69, 9.17) is 5.73 Å². The van der Waals surface area contributed by atoms with Gasteiger partial charge in [0.2, 0.25) is 5.91 Å². The van der Waals surface area contributed by atoms with Gasteiger partial charge in [-0.2, -0.15) is 0 Å². The molecule has 3 N–H and O–H groups in total. The lowest BCUT2D eigenvalue weighted by atomic mass is 9.99. The fourth-order valence-electron chi connectivity index (χ4n) is 1.92. The van der Waals surface area contributed by atoms with Gasteiger partial charge in [-0.3, -0.25) is 4.79 Å². The molecule has 0 bridgehead atoms. The van der Waals surface area contributed by atoms with Gasteiger partial charge < -0.3 is 15.7 Å². The lowest BCUT2D eigenvalue weighted by molar-refractivity contribution is -0.154. The summed E-state index contributed by atoms with van der Waals surface area (Å²) in [6, 6.07) is -0.790. The van der Waals surface area contributed by atoms with Gasteiger partial charge in [0.25, 0.3) is 0 Å². The molecule has 0 heterocycles. The van der Waals surface area contributed by atoms with Crippen molar-refractivity contribution in [1.82, 2.24) is 4.90 Å². The monoisotopic (exact) mass is 322 g/mol. The summed E-state index contributed by atoms with van der Waals surface area (Å²) < 4.78 is 0. The van der Waals surface area contributed by atoms with E-state index in [9.17, 15) is 14.7 Å². The molecule has 5 nitrogen and oxygen atoms in total. The van der Waals surface area contributed by atoms with Crippen molar-refractivity contribution in [3.05, 3.63) is 0 Å². The van der Waals surface area contributed by atoms with Crippen molar-refractivity contribution < 1.29 is 14.7 Å². The van der Waals surface area contributed by atoms with Gasteiger partial charge in [0.15, 0.2) is 0 Å². The Morgan fingerprint density at radius 2 is 1.89 bits per heavy atom. The number of carbonyl (C=O) groups is 2. The van der Waals surface area contributed by atoms with Gasteiger partial charge in [0.1, 0.15) is 6.04 Å². The maximum atomic E-state index is 11.9. The minimum Gasteiger partial charge on any atom is -0.480 e. The second-order valence-corrected chi connectivity index (χ2v) is 5.77. The highest BCUT2D eigenvalue weighted by Gasteiger charge is 2.36. The first-order valence-corrected chi connectivity index (χ1v) is 7.18. The second kappa shape index (κ2) is 7.74. The van der Waals surface area contributed by atoms with Crippen molar-refractivity contribution in [2.75, 3.05) is 11.9 Å². The summed E-state index contributed by atoms with van der Waals surface area (Å²) >= 11 is 3.10. The molecule has 18 heavy (non-hydrogen) atoms. The summed E-state index contributed by atoms with van der Waals surface area (Å²) in [6.45, 7) is 6.06. The molecule has 0 aromatic carbocycles. The van der Waals surface area contributed by atoms with Crippen LogP contribution in [0.1, 0.15) is 40.0 Å². The van der Waals surface area contributed by atoms with E-state index < -0.39 is 17.6 Å². The summed E-state index contributed by atoms with van der Waals surface area (Å²) in [6.07, 6.45) is 1.91. The van der Waals surface area contributed by atoms with Crippen LogP contribution in [0, 0.1) is 0 Å². The molecule has 0 aromatic heterocycles.